The van der Waals surface area contributed by atoms with E-state index in [-0.39, 0.29) is 18.1 Å². The fourth-order valence-electron chi connectivity index (χ4n) is 2.44. The number of rotatable bonds is 2. The molecule has 0 bridgehead atoms. The summed E-state index contributed by atoms with van der Waals surface area (Å²) in [4.78, 5) is 13.6. The number of esters is 1. The highest BCUT2D eigenvalue weighted by Crippen LogP contribution is 2.36. The predicted octanol–water partition coefficient (Wildman–Crippen LogP) is -0.240. The molecular formula is C9H15NO3. The average Bonchev–Trinajstić information content (AvgIpc) is 2.65. The minimum Gasteiger partial charge on any atom is -0.464 e. The quantitative estimate of drug-likeness (QED) is 0.603. The molecule has 2 fully saturated rings. The van der Waals surface area contributed by atoms with Crippen molar-refractivity contribution in [3.05, 3.63) is 0 Å². The van der Waals surface area contributed by atoms with Gasteiger partial charge in [0.05, 0.1) is 13.2 Å². The molecule has 1 atom stereocenters. The van der Waals surface area contributed by atoms with Crippen molar-refractivity contribution < 1.29 is 14.6 Å². The van der Waals surface area contributed by atoms with Gasteiger partial charge in [-0.25, -0.2) is 0 Å². The summed E-state index contributed by atoms with van der Waals surface area (Å²) in [6, 6.07) is 0. The molecule has 0 aromatic rings. The second-order valence-corrected chi connectivity index (χ2v) is 3.73. The summed E-state index contributed by atoms with van der Waals surface area (Å²) in [5, 5.41) is 8.86. The molecule has 0 radical (unpaired) electrons. The topological polar surface area (TPSA) is 49.8 Å². The number of likely N-dealkylation sites (tertiary alicyclic amines) is 1. The minimum atomic E-state index is -0.372. The Morgan fingerprint density at radius 3 is 3.00 bits per heavy atom. The summed E-state index contributed by atoms with van der Waals surface area (Å²) in [6.07, 6.45) is 2.73. The van der Waals surface area contributed by atoms with E-state index in [4.69, 9.17) is 9.84 Å². The van der Waals surface area contributed by atoms with Crippen LogP contribution in [0.15, 0.2) is 0 Å². The van der Waals surface area contributed by atoms with Crippen molar-refractivity contribution in [3.63, 3.8) is 0 Å². The highest BCUT2D eigenvalue weighted by atomic mass is 16.5. The van der Waals surface area contributed by atoms with Gasteiger partial charge in [0.25, 0.3) is 0 Å². The van der Waals surface area contributed by atoms with E-state index in [9.17, 15) is 4.79 Å². The van der Waals surface area contributed by atoms with Gasteiger partial charge < -0.3 is 9.84 Å². The smallest absolute Gasteiger partial charge is 0.326 e. The average molecular weight is 185 g/mol. The van der Waals surface area contributed by atoms with E-state index in [0.717, 1.165) is 25.8 Å². The van der Waals surface area contributed by atoms with Crippen LogP contribution in [-0.4, -0.2) is 47.8 Å². The van der Waals surface area contributed by atoms with Crippen LogP contribution in [0.25, 0.3) is 0 Å². The molecule has 1 spiro atoms. The van der Waals surface area contributed by atoms with Gasteiger partial charge in [-0.05, 0) is 19.4 Å². The zero-order chi connectivity index (χ0) is 9.31. The SMILES string of the molecule is O=C1OCCC12CCCN2CCO. The van der Waals surface area contributed by atoms with E-state index >= 15 is 0 Å². The number of aliphatic hydroxyl groups excluding tert-OH is 1. The van der Waals surface area contributed by atoms with E-state index in [2.05, 4.69) is 4.90 Å². The maximum Gasteiger partial charge on any atom is 0.326 e. The first kappa shape index (κ1) is 8.97. The second-order valence-electron chi connectivity index (χ2n) is 3.73. The molecular weight excluding hydrogens is 170 g/mol. The van der Waals surface area contributed by atoms with Crippen LogP contribution in [0.5, 0.6) is 0 Å². The van der Waals surface area contributed by atoms with E-state index < -0.39 is 0 Å². The van der Waals surface area contributed by atoms with E-state index in [0.29, 0.717) is 13.2 Å². The maximum atomic E-state index is 11.5. The molecule has 0 amide bonds. The molecule has 2 rings (SSSR count). The van der Waals surface area contributed by atoms with Crippen molar-refractivity contribution in [2.75, 3.05) is 26.3 Å². The van der Waals surface area contributed by atoms with Crippen molar-refractivity contribution >= 4 is 5.97 Å². The van der Waals surface area contributed by atoms with Crippen LogP contribution in [0.2, 0.25) is 0 Å². The molecule has 0 aromatic carbocycles. The molecule has 2 saturated heterocycles. The van der Waals surface area contributed by atoms with Crippen LogP contribution in [0.3, 0.4) is 0 Å². The lowest BCUT2D eigenvalue weighted by Crippen LogP contribution is -2.48. The van der Waals surface area contributed by atoms with Crippen molar-refractivity contribution in [1.29, 1.82) is 0 Å². The summed E-state index contributed by atoms with van der Waals surface area (Å²) in [7, 11) is 0. The van der Waals surface area contributed by atoms with Gasteiger partial charge in [0, 0.05) is 13.0 Å². The number of hydrogen-bond acceptors (Lipinski definition) is 4. The Kier molecular flexibility index (Phi) is 2.26. The molecule has 74 valence electrons. The van der Waals surface area contributed by atoms with Crippen LogP contribution < -0.4 is 0 Å². The van der Waals surface area contributed by atoms with Crippen LogP contribution in [0.1, 0.15) is 19.3 Å². The Morgan fingerprint density at radius 2 is 2.38 bits per heavy atom. The van der Waals surface area contributed by atoms with Gasteiger partial charge in [0.1, 0.15) is 5.54 Å². The van der Waals surface area contributed by atoms with Crippen LogP contribution in [0, 0.1) is 0 Å². The fraction of sp³-hybridized carbons (Fsp3) is 0.889. The number of carbonyl (C=O) groups is 1. The molecule has 0 aromatic heterocycles. The maximum absolute atomic E-state index is 11.5. The van der Waals surface area contributed by atoms with Gasteiger partial charge in [-0.2, -0.15) is 0 Å². The van der Waals surface area contributed by atoms with Crippen molar-refractivity contribution in [1.82, 2.24) is 4.90 Å². The third-order valence-electron chi connectivity index (χ3n) is 3.12. The lowest BCUT2D eigenvalue weighted by Gasteiger charge is -2.30. The normalized spacial score (nSPS) is 34.4. The van der Waals surface area contributed by atoms with Gasteiger partial charge in [-0.15, -0.1) is 0 Å². The molecule has 0 aliphatic carbocycles. The fourth-order valence-corrected chi connectivity index (χ4v) is 2.44. The van der Waals surface area contributed by atoms with Crippen molar-refractivity contribution in [2.45, 2.75) is 24.8 Å². The lowest BCUT2D eigenvalue weighted by atomic mass is 9.94. The Hall–Kier alpha value is -0.610. The molecule has 1 unspecified atom stereocenters. The van der Waals surface area contributed by atoms with Crippen molar-refractivity contribution in [3.8, 4) is 0 Å². The summed E-state index contributed by atoms with van der Waals surface area (Å²) in [5.74, 6) is -0.0848. The Labute approximate surface area is 77.5 Å². The summed E-state index contributed by atoms with van der Waals surface area (Å²) in [5.41, 5.74) is -0.372. The third-order valence-corrected chi connectivity index (χ3v) is 3.12. The predicted molar refractivity (Wildman–Crippen MR) is 46.2 cm³/mol. The molecule has 2 heterocycles. The molecule has 0 saturated carbocycles. The number of aliphatic hydroxyl groups is 1. The second kappa shape index (κ2) is 3.27. The number of nitrogens with zero attached hydrogens (tertiary/aromatic N) is 1. The molecule has 13 heavy (non-hydrogen) atoms. The first-order valence-corrected chi connectivity index (χ1v) is 4.83. The van der Waals surface area contributed by atoms with Crippen LogP contribution >= 0.6 is 0 Å². The standard InChI is InChI=1S/C9H15NO3/c11-6-5-10-4-1-2-9(10)3-7-13-8(9)12/h11H,1-7H2. The van der Waals surface area contributed by atoms with Crippen LogP contribution in [-0.2, 0) is 9.53 Å². The molecule has 4 nitrogen and oxygen atoms in total. The summed E-state index contributed by atoms with van der Waals surface area (Å²) >= 11 is 0. The van der Waals surface area contributed by atoms with E-state index in [1.54, 1.807) is 0 Å². The molecule has 2 aliphatic rings. The Morgan fingerprint density at radius 1 is 1.54 bits per heavy atom. The van der Waals surface area contributed by atoms with E-state index in [1.165, 1.54) is 0 Å². The van der Waals surface area contributed by atoms with Gasteiger partial charge in [-0.3, -0.25) is 9.69 Å². The van der Waals surface area contributed by atoms with E-state index in [1.807, 2.05) is 0 Å². The summed E-state index contributed by atoms with van der Waals surface area (Å²) < 4.78 is 5.00. The Balaban J connectivity index is 2.14. The van der Waals surface area contributed by atoms with Gasteiger partial charge in [0.2, 0.25) is 0 Å². The lowest BCUT2D eigenvalue weighted by molar-refractivity contribution is -0.147. The molecule has 1 N–H and O–H groups in total. The summed E-state index contributed by atoms with van der Waals surface area (Å²) in [6.45, 7) is 2.17. The number of hydrogen-bond donors (Lipinski definition) is 1. The third kappa shape index (κ3) is 1.25. The van der Waals surface area contributed by atoms with Gasteiger partial charge >= 0.3 is 5.97 Å². The first-order chi connectivity index (χ1) is 6.29. The Bertz CT molecular complexity index is 215. The minimum absolute atomic E-state index is 0.0848. The molecule has 2 aliphatic heterocycles. The monoisotopic (exact) mass is 185 g/mol. The van der Waals surface area contributed by atoms with Crippen LogP contribution in [0.4, 0.5) is 0 Å². The number of carbonyl (C=O) groups excluding carboxylic acids is 1. The molecule has 4 heteroatoms. The van der Waals surface area contributed by atoms with Gasteiger partial charge in [-0.1, -0.05) is 0 Å². The zero-order valence-electron chi connectivity index (χ0n) is 7.66. The number of cyclic esters (lactones) is 1. The largest absolute Gasteiger partial charge is 0.464 e. The highest BCUT2D eigenvalue weighted by molar-refractivity contribution is 5.83. The number of β-amino-alcohol motifs (C(OH)–C–C–N with tert-alkyl or cyclic N) is 1. The van der Waals surface area contributed by atoms with Gasteiger partial charge in [0.15, 0.2) is 0 Å². The first-order valence-electron chi connectivity index (χ1n) is 4.83. The zero-order valence-corrected chi connectivity index (χ0v) is 7.66. The van der Waals surface area contributed by atoms with Crippen molar-refractivity contribution in [2.24, 2.45) is 0 Å². The highest BCUT2D eigenvalue weighted by Gasteiger charge is 2.51. The number of ether oxygens (including phenoxy) is 1.